The van der Waals surface area contributed by atoms with Gasteiger partial charge in [-0.05, 0) is 30.7 Å². The molecule has 1 aliphatic heterocycles. The van der Waals surface area contributed by atoms with E-state index in [9.17, 15) is 0 Å². The number of benzene rings is 1. The molecule has 0 radical (unpaired) electrons. The third-order valence-corrected chi connectivity index (χ3v) is 5.17. The van der Waals surface area contributed by atoms with Crippen molar-refractivity contribution in [2.75, 3.05) is 38.7 Å². The predicted octanol–water partition coefficient (Wildman–Crippen LogP) is 2.13. The van der Waals surface area contributed by atoms with Crippen molar-refractivity contribution in [2.45, 2.75) is 18.9 Å². The minimum Gasteiger partial charge on any atom is -0.495 e. The van der Waals surface area contributed by atoms with Crippen molar-refractivity contribution in [3.63, 3.8) is 0 Å². The number of pyridine rings is 1. The van der Waals surface area contributed by atoms with E-state index in [-0.39, 0.29) is 0 Å². The van der Waals surface area contributed by atoms with Gasteiger partial charge in [0.1, 0.15) is 11.4 Å². The Bertz CT molecular complexity index is 1010. The molecule has 1 aliphatic rings. The highest BCUT2D eigenvalue weighted by atomic mass is 16.5. The van der Waals surface area contributed by atoms with E-state index >= 15 is 0 Å². The molecular formula is C22H27N7O2. The van der Waals surface area contributed by atoms with Gasteiger partial charge >= 0.3 is 0 Å². The lowest BCUT2D eigenvalue weighted by atomic mass is 10.2. The molecule has 9 heteroatoms. The number of hydrogen-bond acceptors (Lipinski definition) is 7. The Labute approximate surface area is 181 Å². The maximum absolute atomic E-state index is 5.50. The van der Waals surface area contributed by atoms with Crippen LogP contribution in [-0.4, -0.2) is 60.9 Å². The van der Waals surface area contributed by atoms with Crippen LogP contribution in [0, 0.1) is 0 Å². The van der Waals surface area contributed by atoms with Crippen LogP contribution in [0.2, 0.25) is 0 Å². The highest BCUT2D eigenvalue weighted by Crippen LogP contribution is 2.30. The first-order valence-corrected chi connectivity index (χ1v) is 10.4. The number of rotatable bonds is 7. The van der Waals surface area contributed by atoms with E-state index < -0.39 is 0 Å². The second-order valence-corrected chi connectivity index (χ2v) is 7.23. The Morgan fingerprint density at radius 2 is 2.13 bits per heavy atom. The fourth-order valence-corrected chi connectivity index (χ4v) is 3.62. The van der Waals surface area contributed by atoms with Gasteiger partial charge in [-0.25, -0.2) is 0 Å². The fraction of sp³-hybridized carbons (Fsp3) is 0.364. The summed E-state index contributed by atoms with van der Waals surface area (Å²) in [5.74, 6) is 2.73. The number of nitrogens with zero attached hydrogens (tertiary/aromatic N) is 5. The van der Waals surface area contributed by atoms with Gasteiger partial charge in [-0.1, -0.05) is 23.4 Å². The van der Waals surface area contributed by atoms with Crippen molar-refractivity contribution in [1.29, 1.82) is 0 Å². The molecule has 2 aromatic heterocycles. The second-order valence-electron chi connectivity index (χ2n) is 7.23. The number of ether oxygens (including phenoxy) is 1. The number of nitrogens with one attached hydrogen (secondary N) is 2. The summed E-state index contributed by atoms with van der Waals surface area (Å²) in [4.78, 5) is 15.3. The molecule has 2 N–H and O–H groups in total. The average Bonchev–Trinajstić information content (AvgIpc) is 3.49. The number of hydrogen-bond donors (Lipinski definition) is 2. The summed E-state index contributed by atoms with van der Waals surface area (Å²) in [5, 5.41) is 10.9. The van der Waals surface area contributed by atoms with Gasteiger partial charge in [-0.2, -0.15) is 4.98 Å². The van der Waals surface area contributed by atoms with Gasteiger partial charge in [-0.3, -0.25) is 9.98 Å². The molecule has 0 bridgehead atoms. The van der Waals surface area contributed by atoms with Crippen LogP contribution in [0.15, 0.2) is 58.2 Å². The molecule has 0 aliphatic carbocycles. The maximum Gasteiger partial charge on any atom is 0.276 e. The second kappa shape index (κ2) is 9.92. The minimum atomic E-state index is 0.303. The molecule has 1 unspecified atom stereocenters. The Balaban J connectivity index is 1.26. The van der Waals surface area contributed by atoms with Crippen molar-refractivity contribution >= 4 is 11.6 Å². The average molecular weight is 422 g/mol. The van der Waals surface area contributed by atoms with E-state index in [2.05, 4.69) is 41.7 Å². The molecule has 0 amide bonds. The van der Waals surface area contributed by atoms with E-state index in [4.69, 9.17) is 9.26 Å². The summed E-state index contributed by atoms with van der Waals surface area (Å²) >= 11 is 0. The lowest BCUT2D eigenvalue weighted by Gasteiger charge is -2.22. The van der Waals surface area contributed by atoms with Crippen LogP contribution in [0.1, 0.15) is 12.2 Å². The van der Waals surface area contributed by atoms with Crippen LogP contribution in [-0.2, 0) is 6.42 Å². The van der Waals surface area contributed by atoms with E-state index in [1.807, 2.05) is 36.4 Å². The van der Waals surface area contributed by atoms with Crippen LogP contribution in [0.25, 0.3) is 11.6 Å². The monoisotopic (exact) mass is 421 g/mol. The van der Waals surface area contributed by atoms with E-state index in [0.29, 0.717) is 36.4 Å². The third-order valence-electron chi connectivity index (χ3n) is 5.17. The number of anilines is 1. The highest BCUT2D eigenvalue weighted by molar-refractivity contribution is 5.80. The Hall–Kier alpha value is -3.62. The third kappa shape index (κ3) is 5.11. The zero-order valence-corrected chi connectivity index (χ0v) is 17.8. The van der Waals surface area contributed by atoms with Crippen molar-refractivity contribution in [2.24, 2.45) is 4.99 Å². The first kappa shape index (κ1) is 20.6. The zero-order chi connectivity index (χ0) is 21.5. The molecule has 1 atom stereocenters. The minimum absolute atomic E-state index is 0.303. The van der Waals surface area contributed by atoms with Gasteiger partial charge in [0.2, 0.25) is 0 Å². The zero-order valence-electron chi connectivity index (χ0n) is 17.8. The van der Waals surface area contributed by atoms with Gasteiger partial charge in [-0.15, -0.1) is 0 Å². The largest absolute Gasteiger partial charge is 0.495 e. The van der Waals surface area contributed by atoms with Gasteiger partial charge in [0.15, 0.2) is 11.8 Å². The van der Waals surface area contributed by atoms with Crippen LogP contribution in [0.4, 0.5) is 5.69 Å². The number of aromatic nitrogens is 3. The summed E-state index contributed by atoms with van der Waals surface area (Å²) in [6.45, 7) is 2.50. The molecule has 1 saturated heterocycles. The molecule has 1 aromatic carbocycles. The van der Waals surface area contributed by atoms with Crippen LogP contribution < -0.4 is 20.3 Å². The molecule has 0 saturated carbocycles. The first-order chi connectivity index (χ1) is 15.3. The Morgan fingerprint density at radius 1 is 1.26 bits per heavy atom. The van der Waals surface area contributed by atoms with Crippen molar-refractivity contribution in [3.8, 4) is 17.3 Å². The Kier molecular flexibility index (Phi) is 6.61. The maximum atomic E-state index is 5.50. The molecule has 0 spiro atoms. The lowest BCUT2D eigenvalue weighted by molar-refractivity contribution is 0.415. The molecule has 9 nitrogen and oxygen atoms in total. The number of guanidine groups is 1. The molecule has 3 aromatic rings. The highest BCUT2D eigenvalue weighted by Gasteiger charge is 2.25. The van der Waals surface area contributed by atoms with Crippen molar-refractivity contribution in [3.05, 3.63) is 54.5 Å². The standard InChI is InChI=1S/C22H27N7O2/c1-23-22(25-13-10-20-27-21(31-28-20)17-7-5-6-12-24-17)26-16-11-14-29(15-16)18-8-3-4-9-19(18)30-2/h3-9,12,16H,10-11,13-15H2,1-2H3,(H2,23,25,26). The molecule has 4 rings (SSSR count). The SMILES string of the molecule is CN=C(NCCc1noc(-c2ccccn2)n1)NC1CCN(c2ccccc2OC)C1. The van der Waals surface area contributed by atoms with Crippen molar-refractivity contribution in [1.82, 2.24) is 25.8 Å². The van der Waals surface area contributed by atoms with Crippen LogP contribution in [0.3, 0.4) is 0 Å². The summed E-state index contributed by atoms with van der Waals surface area (Å²) in [6.07, 6.45) is 3.35. The quantitative estimate of drug-likeness (QED) is 0.442. The summed E-state index contributed by atoms with van der Waals surface area (Å²) < 4.78 is 10.8. The molecule has 162 valence electrons. The lowest BCUT2D eigenvalue weighted by Crippen LogP contribution is -2.45. The smallest absolute Gasteiger partial charge is 0.276 e. The van der Waals surface area contributed by atoms with Gasteiger partial charge < -0.3 is 24.8 Å². The number of aliphatic imine (C=N–C) groups is 1. The van der Waals surface area contributed by atoms with E-state index in [1.165, 1.54) is 0 Å². The molecule has 3 heterocycles. The predicted molar refractivity (Wildman–Crippen MR) is 119 cm³/mol. The Morgan fingerprint density at radius 3 is 2.94 bits per heavy atom. The fourth-order valence-electron chi connectivity index (χ4n) is 3.62. The van der Waals surface area contributed by atoms with Crippen molar-refractivity contribution < 1.29 is 9.26 Å². The van der Waals surface area contributed by atoms with Gasteiger partial charge in [0.25, 0.3) is 5.89 Å². The summed E-state index contributed by atoms with van der Waals surface area (Å²) in [5.41, 5.74) is 1.80. The first-order valence-electron chi connectivity index (χ1n) is 10.4. The molecule has 31 heavy (non-hydrogen) atoms. The van der Waals surface area contributed by atoms with Crippen LogP contribution in [0.5, 0.6) is 5.75 Å². The van der Waals surface area contributed by atoms with Crippen LogP contribution >= 0.6 is 0 Å². The van der Waals surface area contributed by atoms with Gasteiger partial charge in [0, 0.05) is 45.3 Å². The number of methoxy groups -OCH3 is 1. The summed E-state index contributed by atoms with van der Waals surface area (Å²) in [6, 6.07) is 14.0. The number of para-hydroxylation sites is 2. The normalized spacial score (nSPS) is 16.4. The molecular weight excluding hydrogens is 394 g/mol. The van der Waals surface area contributed by atoms with E-state index in [1.54, 1.807) is 20.4 Å². The molecule has 1 fully saturated rings. The van der Waals surface area contributed by atoms with Gasteiger partial charge in [0.05, 0.1) is 12.8 Å². The topological polar surface area (TPSA) is 101 Å². The van der Waals surface area contributed by atoms with E-state index in [0.717, 1.165) is 36.9 Å². The summed E-state index contributed by atoms with van der Waals surface area (Å²) in [7, 11) is 3.48.